The van der Waals surface area contributed by atoms with Crippen molar-refractivity contribution in [2.24, 2.45) is 0 Å². The molecule has 0 saturated carbocycles. The quantitative estimate of drug-likeness (QED) is 0.922. The Bertz CT molecular complexity index is 559. The van der Waals surface area contributed by atoms with Crippen molar-refractivity contribution in [3.8, 4) is 11.6 Å². The zero-order valence-electron chi connectivity index (χ0n) is 9.44. The molecule has 88 valence electrons. The van der Waals surface area contributed by atoms with Gasteiger partial charge in [-0.3, -0.25) is 4.98 Å². The van der Waals surface area contributed by atoms with Crippen LogP contribution in [-0.2, 0) is 0 Å². The predicted molar refractivity (Wildman–Crippen MR) is 67.9 cm³/mol. The minimum atomic E-state index is 0.426. The summed E-state index contributed by atoms with van der Waals surface area (Å²) < 4.78 is 6.47. The fourth-order valence-electron chi connectivity index (χ4n) is 1.28. The lowest BCUT2D eigenvalue weighted by Gasteiger charge is -2.09. The Labute approximate surface area is 107 Å². The lowest BCUT2D eigenvalue weighted by molar-refractivity contribution is 0.454. The second kappa shape index (κ2) is 4.67. The predicted octanol–water partition coefficient (Wildman–Crippen LogP) is 2.63. The monoisotopic (exact) mass is 294 g/mol. The van der Waals surface area contributed by atoms with E-state index < -0.39 is 0 Å². The van der Waals surface area contributed by atoms with Gasteiger partial charge in [-0.15, -0.1) is 0 Å². The second-order valence-corrected chi connectivity index (χ2v) is 4.44. The summed E-state index contributed by atoms with van der Waals surface area (Å²) in [6, 6.07) is 1.81. The molecule has 2 aromatic rings. The number of nitrogens with zero attached hydrogens (tertiary/aromatic N) is 3. The highest BCUT2D eigenvalue weighted by molar-refractivity contribution is 9.10. The van der Waals surface area contributed by atoms with Gasteiger partial charge in [0.2, 0.25) is 5.88 Å². The van der Waals surface area contributed by atoms with Crippen LogP contribution in [0.5, 0.6) is 11.6 Å². The van der Waals surface area contributed by atoms with Crippen LogP contribution in [0.15, 0.2) is 22.9 Å². The molecule has 0 fully saturated rings. The molecule has 0 aromatic carbocycles. The number of anilines is 1. The van der Waals surface area contributed by atoms with E-state index in [2.05, 4.69) is 30.9 Å². The SMILES string of the molecule is Cc1nc(N)c(C)c(Oc2cncc(Br)c2)n1. The van der Waals surface area contributed by atoms with Crippen LogP contribution in [0.25, 0.3) is 0 Å². The molecule has 0 unspecified atom stereocenters. The molecule has 2 rings (SSSR count). The molecule has 0 aliphatic carbocycles. The van der Waals surface area contributed by atoms with Gasteiger partial charge in [-0.2, -0.15) is 4.98 Å². The molecule has 2 N–H and O–H groups in total. The van der Waals surface area contributed by atoms with Crippen molar-refractivity contribution in [2.45, 2.75) is 13.8 Å². The topological polar surface area (TPSA) is 73.9 Å². The summed E-state index contributed by atoms with van der Waals surface area (Å²) in [4.78, 5) is 12.3. The van der Waals surface area contributed by atoms with Gasteiger partial charge in [0.25, 0.3) is 0 Å². The Balaban J connectivity index is 2.36. The lowest BCUT2D eigenvalue weighted by Crippen LogP contribution is -2.02. The van der Waals surface area contributed by atoms with Gasteiger partial charge in [0, 0.05) is 10.7 Å². The Kier molecular flexibility index (Phi) is 3.23. The Morgan fingerprint density at radius 3 is 2.71 bits per heavy atom. The smallest absolute Gasteiger partial charge is 0.227 e. The van der Waals surface area contributed by atoms with Gasteiger partial charge in [-0.25, -0.2) is 4.98 Å². The Morgan fingerprint density at radius 2 is 2.00 bits per heavy atom. The average molecular weight is 295 g/mol. The fraction of sp³-hybridized carbons (Fsp3) is 0.182. The molecule has 0 atom stereocenters. The molecule has 2 heterocycles. The largest absolute Gasteiger partial charge is 0.437 e. The number of rotatable bonds is 2. The third-order valence-corrected chi connectivity index (χ3v) is 2.58. The van der Waals surface area contributed by atoms with Crippen molar-refractivity contribution >= 4 is 21.7 Å². The van der Waals surface area contributed by atoms with Gasteiger partial charge >= 0.3 is 0 Å². The van der Waals surface area contributed by atoms with E-state index >= 15 is 0 Å². The van der Waals surface area contributed by atoms with E-state index in [1.807, 2.05) is 6.92 Å². The number of hydrogen-bond acceptors (Lipinski definition) is 5. The van der Waals surface area contributed by atoms with Crippen LogP contribution in [0.2, 0.25) is 0 Å². The van der Waals surface area contributed by atoms with Gasteiger partial charge in [0.1, 0.15) is 17.4 Å². The van der Waals surface area contributed by atoms with Crippen molar-refractivity contribution in [3.63, 3.8) is 0 Å². The van der Waals surface area contributed by atoms with Crippen molar-refractivity contribution in [1.82, 2.24) is 15.0 Å². The van der Waals surface area contributed by atoms with Gasteiger partial charge < -0.3 is 10.5 Å². The minimum absolute atomic E-state index is 0.426. The molecule has 0 amide bonds. The van der Waals surface area contributed by atoms with Crippen LogP contribution in [0.4, 0.5) is 5.82 Å². The van der Waals surface area contributed by atoms with Gasteiger partial charge in [0.05, 0.1) is 11.8 Å². The first kappa shape index (κ1) is 11.8. The maximum absolute atomic E-state index is 5.75. The zero-order valence-corrected chi connectivity index (χ0v) is 11.0. The van der Waals surface area contributed by atoms with E-state index in [9.17, 15) is 0 Å². The normalized spacial score (nSPS) is 10.3. The number of halogens is 1. The third-order valence-electron chi connectivity index (χ3n) is 2.14. The molecule has 0 saturated heterocycles. The highest BCUT2D eigenvalue weighted by Crippen LogP contribution is 2.26. The molecule has 0 aliphatic heterocycles. The Hall–Kier alpha value is -1.69. The van der Waals surface area contributed by atoms with Gasteiger partial charge in [0.15, 0.2) is 0 Å². The molecular formula is C11H11BrN4O. The van der Waals surface area contributed by atoms with Crippen LogP contribution in [0, 0.1) is 13.8 Å². The first-order valence-electron chi connectivity index (χ1n) is 4.95. The first-order valence-corrected chi connectivity index (χ1v) is 5.74. The van der Waals surface area contributed by atoms with E-state index in [1.165, 1.54) is 0 Å². The maximum Gasteiger partial charge on any atom is 0.227 e. The summed E-state index contributed by atoms with van der Waals surface area (Å²) in [6.45, 7) is 3.58. The lowest BCUT2D eigenvalue weighted by atomic mass is 10.3. The van der Waals surface area contributed by atoms with Crippen molar-refractivity contribution in [3.05, 3.63) is 34.3 Å². The van der Waals surface area contributed by atoms with E-state index in [1.54, 1.807) is 25.4 Å². The zero-order chi connectivity index (χ0) is 12.4. The van der Waals surface area contributed by atoms with Crippen molar-refractivity contribution in [1.29, 1.82) is 0 Å². The standard InChI is InChI=1S/C11H11BrN4O/c1-6-10(13)15-7(2)16-11(6)17-9-3-8(12)4-14-5-9/h3-5H,1-2H3,(H2,13,15,16). The summed E-state index contributed by atoms with van der Waals surface area (Å²) in [6.07, 6.45) is 3.29. The molecule has 0 aliphatic rings. The maximum atomic E-state index is 5.75. The second-order valence-electron chi connectivity index (χ2n) is 3.53. The average Bonchev–Trinajstić information content (AvgIpc) is 2.25. The number of aryl methyl sites for hydroxylation is 1. The summed E-state index contributed by atoms with van der Waals surface area (Å²) in [5.74, 6) is 2.05. The third kappa shape index (κ3) is 2.71. The van der Waals surface area contributed by atoms with Crippen LogP contribution >= 0.6 is 15.9 Å². The summed E-state index contributed by atoms with van der Waals surface area (Å²) in [7, 11) is 0. The van der Waals surface area contributed by atoms with Crippen molar-refractivity contribution in [2.75, 3.05) is 5.73 Å². The van der Waals surface area contributed by atoms with E-state index in [0.29, 0.717) is 23.3 Å². The fourth-order valence-corrected chi connectivity index (χ4v) is 1.63. The molecule has 5 nitrogen and oxygen atoms in total. The number of nitrogen functional groups attached to an aromatic ring is 1. The van der Waals surface area contributed by atoms with Gasteiger partial charge in [-0.05, 0) is 35.8 Å². The van der Waals surface area contributed by atoms with Crippen molar-refractivity contribution < 1.29 is 4.74 Å². The van der Waals surface area contributed by atoms with Crippen LogP contribution < -0.4 is 10.5 Å². The Morgan fingerprint density at radius 1 is 1.24 bits per heavy atom. The molecule has 0 radical (unpaired) electrons. The number of aromatic nitrogens is 3. The van der Waals surface area contributed by atoms with E-state index in [-0.39, 0.29) is 0 Å². The highest BCUT2D eigenvalue weighted by atomic mass is 79.9. The molecule has 2 aromatic heterocycles. The molecule has 17 heavy (non-hydrogen) atoms. The van der Waals surface area contributed by atoms with Gasteiger partial charge in [-0.1, -0.05) is 0 Å². The minimum Gasteiger partial charge on any atom is -0.437 e. The van der Waals surface area contributed by atoms with Crippen LogP contribution in [0.1, 0.15) is 11.4 Å². The van der Waals surface area contributed by atoms with E-state index in [0.717, 1.165) is 10.0 Å². The molecule has 0 bridgehead atoms. The highest BCUT2D eigenvalue weighted by Gasteiger charge is 2.09. The molecule has 6 heteroatoms. The number of pyridine rings is 1. The number of nitrogens with two attached hydrogens (primary N) is 1. The molecule has 0 spiro atoms. The summed E-state index contributed by atoms with van der Waals surface area (Å²) in [5.41, 5.74) is 6.47. The van der Waals surface area contributed by atoms with E-state index in [4.69, 9.17) is 10.5 Å². The number of hydrogen-bond donors (Lipinski definition) is 1. The summed E-state index contributed by atoms with van der Waals surface area (Å²) in [5, 5.41) is 0. The summed E-state index contributed by atoms with van der Waals surface area (Å²) >= 11 is 3.32. The van der Waals surface area contributed by atoms with Crippen LogP contribution in [0.3, 0.4) is 0 Å². The molecular weight excluding hydrogens is 284 g/mol. The number of ether oxygens (including phenoxy) is 1. The van der Waals surface area contributed by atoms with Crippen LogP contribution in [-0.4, -0.2) is 15.0 Å². The first-order chi connectivity index (χ1) is 8.06.